The molecule has 0 atom stereocenters. The van der Waals surface area contributed by atoms with Crippen molar-refractivity contribution >= 4 is 61.8 Å². The SMILES string of the molecule is C.O=S(=O)(O)CCCc1ccccc1.O=S1(=O)CCCO1.[Cl][Al]([Cl])[Cl].c1ccccc1. The molecule has 0 bridgehead atoms. The highest BCUT2D eigenvalue weighted by Crippen LogP contribution is 2.05. The monoisotopic (exact) mass is 548 g/mol. The summed E-state index contributed by atoms with van der Waals surface area (Å²) >= 11 is -1.72. The van der Waals surface area contributed by atoms with Gasteiger partial charge >= 0.3 is 11.4 Å². The van der Waals surface area contributed by atoms with Gasteiger partial charge in [-0.3, -0.25) is 8.74 Å². The molecule has 1 aliphatic heterocycles. The number of rotatable bonds is 4. The fraction of sp³-hybridized carbons (Fsp3) is 0.368. The van der Waals surface area contributed by atoms with Crippen molar-refractivity contribution in [1.29, 1.82) is 0 Å². The summed E-state index contributed by atoms with van der Waals surface area (Å²) in [7, 11) is 7.99. The molecule has 0 aromatic heterocycles. The molecule has 0 amide bonds. The zero-order valence-corrected chi connectivity index (χ0v) is 21.2. The van der Waals surface area contributed by atoms with E-state index in [-0.39, 0.29) is 18.9 Å². The molecular weight excluding hydrogens is 522 g/mol. The van der Waals surface area contributed by atoms with E-state index >= 15 is 0 Å². The molecule has 6 nitrogen and oxygen atoms in total. The first-order valence-electron chi connectivity index (χ1n) is 8.80. The zero-order valence-electron chi connectivity index (χ0n) is 16.1. The Morgan fingerprint density at radius 1 is 0.935 bits per heavy atom. The van der Waals surface area contributed by atoms with E-state index in [2.05, 4.69) is 4.18 Å². The molecule has 176 valence electrons. The summed E-state index contributed by atoms with van der Waals surface area (Å²) in [4.78, 5) is 0. The quantitative estimate of drug-likeness (QED) is 0.318. The zero-order chi connectivity index (χ0) is 22.9. The van der Waals surface area contributed by atoms with Crippen LogP contribution in [-0.2, 0) is 30.8 Å². The minimum absolute atomic E-state index is 0. The van der Waals surface area contributed by atoms with Crippen LogP contribution in [0.4, 0.5) is 0 Å². The normalized spacial score (nSPS) is 13.5. The average molecular weight is 550 g/mol. The fourth-order valence-corrected chi connectivity index (χ4v) is 3.44. The standard InChI is InChI=1S/C9H12O3S.C6H6.C3H6O3S.CH4.Al.3ClH/c10-13(11,12)8-4-7-9-5-2-1-3-6-9;1-2-4-6-5-3-1;4-7(5)3-1-2-6-7;;;;;/h1-3,5-6H,4,7-8H2,(H,10,11,12);1-6H;1-3H2;1H4;;3*1H/q;;;;+3;;;/p-3. The molecule has 0 saturated carbocycles. The lowest BCUT2D eigenvalue weighted by molar-refractivity contribution is 0.354. The predicted molar refractivity (Wildman–Crippen MR) is 132 cm³/mol. The molecule has 2 aromatic carbocycles. The number of aryl methyl sites for hydroxylation is 1. The van der Waals surface area contributed by atoms with Crippen LogP contribution in [0.1, 0.15) is 25.8 Å². The summed E-state index contributed by atoms with van der Waals surface area (Å²) in [5.74, 6) is 0.0366. The lowest BCUT2D eigenvalue weighted by Crippen LogP contribution is -2.04. The molecular formula is C19H28AlCl3O6S2. The van der Waals surface area contributed by atoms with Crippen LogP contribution in [0.3, 0.4) is 0 Å². The first-order chi connectivity index (χ1) is 14.0. The van der Waals surface area contributed by atoms with Crippen LogP contribution < -0.4 is 0 Å². The third-order valence-corrected chi connectivity index (χ3v) is 5.30. The number of halogens is 3. The van der Waals surface area contributed by atoms with Gasteiger partial charge in [-0.15, -0.1) is 0 Å². The van der Waals surface area contributed by atoms with Crippen LogP contribution >= 0.6 is 30.1 Å². The highest BCUT2D eigenvalue weighted by molar-refractivity contribution is 7.86. The van der Waals surface area contributed by atoms with Crippen molar-refractivity contribution in [3.8, 4) is 0 Å². The summed E-state index contributed by atoms with van der Waals surface area (Å²) in [6.45, 7) is 0.377. The minimum atomic E-state index is -3.79. The van der Waals surface area contributed by atoms with E-state index < -0.39 is 31.6 Å². The van der Waals surface area contributed by atoms with E-state index in [0.29, 0.717) is 25.9 Å². The van der Waals surface area contributed by atoms with Crippen LogP contribution in [0.25, 0.3) is 0 Å². The van der Waals surface area contributed by atoms with Gasteiger partial charge < -0.3 is 0 Å². The van der Waals surface area contributed by atoms with Crippen molar-refractivity contribution < 1.29 is 25.6 Å². The second-order valence-corrected chi connectivity index (χ2v) is 15.5. The van der Waals surface area contributed by atoms with Gasteiger partial charge in [0.1, 0.15) is 0 Å². The second kappa shape index (κ2) is 19.2. The van der Waals surface area contributed by atoms with E-state index in [4.69, 9.17) is 34.7 Å². The maximum Gasteiger partial charge on any atom is 0.643 e. The lowest BCUT2D eigenvalue weighted by Gasteiger charge is -1.98. The Morgan fingerprint density at radius 2 is 1.35 bits per heavy atom. The number of hydrogen-bond donors (Lipinski definition) is 1. The Hall–Kier alpha value is -0.338. The van der Waals surface area contributed by atoms with Crippen molar-refractivity contribution in [2.24, 2.45) is 0 Å². The van der Waals surface area contributed by atoms with Crippen LogP contribution in [0, 0.1) is 0 Å². The summed E-state index contributed by atoms with van der Waals surface area (Å²) in [6, 6.07) is 21.6. The van der Waals surface area contributed by atoms with Crippen molar-refractivity contribution in [3.05, 3.63) is 72.3 Å². The Morgan fingerprint density at radius 3 is 1.65 bits per heavy atom. The molecule has 1 aliphatic rings. The van der Waals surface area contributed by atoms with E-state index in [1.165, 1.54) is 0 Å². The molecule has 12 heteroatoms. The van der Waals surface area contributed by atoms with Crippen LogP contribution in [0.5, 0.6) is 0 Å². The van der Waals surface area contributed by atoms with Crippen molar-refractivity contribution in [2.45, 2.75) is 26.7 Å². The first-order valence-corrected chi connectivity index (χ1v) is 17.2. The van der Waals surface area contributed by atoms with Crippen LogP contribution in [0.2, 0.25) is 0 Å². The maximum atomic E-state index is 10.4. The third kappa shape index (κ3) is 25.8. The molecule has 2 aromatic rings. The fourth-order valence-electron chi connectivity index (χ4n) is 1.97. The number of benzene rings is 2. The molecule has 0 radical (unpaired) electrons. The van der Waals surface area contributed by atoms with Gasteiger partial charge in [-0.25, -0.2) is 30.1 Å². The molecule has 3 rings (SSSR count). The molecule has 0 spiro atoms. The van der Waals surface area contributed by atoms with E-state index in [0.717, 1.165) is 5.56 Å². The Balaban J connectivity index is 0. The van der Waals surface area contributed by atoms with E-state index in [1.54, 1.807) is 0 Å². The third-order valence-electron chi connectivity index (χ3n) is 3.18. The lowest BCUT2D eigenvalue weighted by atomic mass is 10.1. The maximum absolute atomic E-state index is 10.4. The van der Waals surface area contributed by atoms with Gasteiger partial charge in [-0.1, -0.05) is 74.2 Å². The molecule has 0 aliphatic carbocycles. The topological polar surface area (TPSA) is 97.7 Å². The molecule has 0 unspecified atom stereocenters. The van der Waals surface area contributed by atoms with Gasteiger partial charge in [0.15, 0.2) is 0 Å². The summed E-state index contributed by atoms with van der Waals surface area (Å²) in [5.41, 5.74) is 1.09. The first kappa shape index (κ1) is 32.8. The van der Waals surface area contributed by atoms with Gasteiger partial charge in [0.2, 0.25) is 0 Å². The van der Waals surface area contributed by atoms with E-state index in [1.807, 2.05) is 66.7 Å². The van der Waals surface area contributed by atoms with Crippen LogP contribution in [-0.4, -0.2) is 50.9 Å². The largest absolute Gasteiger partial charge is 0.643 e. The van der Waals surface area contributed by atoms with Crippen molar-refractivity contribution in [2.75, 3.05) is 18.1 Å². The van der Waals surface area contributed by atoms with Crippen LogP contribution in [0.15, 0.2) is 66.7 Å². The Kier molecular flexibility index (Phi) is 20.3. The van der Waals surface area contributed by atoms with Gasteiger partial charge in [0.05, 0.1) is 18.1 Å². The van der Waals surface area contributed by atoms with Gasteiger partial charge in [-0.05, 0) is 24.8 Å². The minimum Gasteiger partial charge on any atom is -0.286 e. The molecule has 1 fully saturated rings. The predicted octanol–water partition coefficient (Wildman–Crippen LogP) is 5.25. The highest BCUT2D eigenvalue weighted by Gasteiger charge is 2.16. The average Bonchev–Trinajstić information content (AvgIpc) is 3.08. The Bertz CT molecular complexity index is 827. The van der Waals surface area contributed by atoms with Crippen molar-refractivity contribution in [3.63, 3.8) is 0 Å². The van der Waals surface area contributed by atoms with Crippen molar-refractivity contribution in [1.82, 2.24) is 0 Å². The Labute approximate surface area is 203 Å². The van der Waals surface area contributed by atoms with E-state index in [9.17, 15) is 16.8 Å². The summed E-state index contributed by atoms with van der Waals surface area (Å²) < 4.78 is 54.0. The second-order valence-electron chi connectivity index (χ2n) is 5.71. The van der Waals surface area contributed by atoms with Gasteiger partial charge in [0.25, 0.3) is 20.2 Å². The molecule has 1 heterocycles. The van der Waals surface area contributed by atoms with Gasteiger partial charge in [0, 0.05) is 0 Å². The highest BCUT2D eigenvalue weighted by atomic mass is 35.8. The molecule has 1 saturated heterocycles. The smallest absolute Gasteiger partial charge is 0.286 e. The molecule has 1 N–H and O–H groups in total. The number of hydrogen-bond acceptors (Lipinski definition) is 5. The van der Waals surface area contributed by atoms with Gasteiger partial charge in [-0.2, -0.15) is 16.8 Å². The molecule has 31 heavy (non-hydrogen) atoms. The summed E-state index contributed by atoms with van der Waals surface area (Å²) in [5, 5.41) is 0. The summed E-state index contributed by atoms with van der Waals surface area (Å²) in [6.07, 6.45) is 1.80.